The van der Waals surface area contributed by atoms with Crippen LogP contribution in [0.15, 0.2) is 83.3 Å². The van der Waals surface area contributed by atoms with Gasteiger partial charge in [0.05, 0.1) is 7.11 Å². The van der Waals surface area contributed by atoms with Crippen LogP contribution in [0.2, 0.25) is 0 Å². The van der Waals surface area contributed by atoms with Crippen molar-refractivity contribution in [2.75, 3.05) is 7.11 Å². The Hall–Kier alpha value is -2.85. The lowest BCUT2D eigenvalue weighted by Gasteiger charge is -2.07. The lowest BCUT2D eigenvalue weighted by atomic mass is 10.1. The summed E-state index contributed by atoms with van der Waals surface area (Å²) in [6.07, 6.45) is 3.36. The molecule has 0 spiro atoms. The first-order chi connectivity index (χ1) is 13.1. The maximum absolute atomic E-state index is 12.3. The van der Waals surface area contributed by atoms with Crippen molar-refractivity contribution in [1.82, 2.24) is 0 Å². The van der Waals surface area contributed by atoms with Gasteiger partial charge in [-0.2, -0.15) is 0 Å². The van der Waals surface area contributed by atoms with E-state index >= 15 is 0 Å². The number of rotatable bonds is 7. The van der Waals surface area contributed by atoms with Gasteiger partial charge in [-0.05, 0) is 65.7 Å². The third kappa shape index (κ3) is 5.56. The van der Waals surface area contributed by atoms with Crippen molar-refractivity contribution in [3.05, 3.63) is 100 Å². The van der Waals surface area contributed by atoms with Crippen LogP contribution in [0.4, 0.5) is 0 Å². The summed E-state index contributed by atoms with van der Waals surface area (Å²) in [7, 11) is 1.60. The number of hydrogen-bond acceptors (Lipinski definition) is 3. The van der Waals surface area contributed by atoms with Crippen molar-refractivity contribution in [1.29, 1.82) is 0 Å². The van der Waals surface area contributed by atoms with Crippen molar-refractivity contribution in [2.45, 2.75) is 6.61 Å². The predicted molar refractivity (Wildman–Crippen MR) is 111 cm³/mol. The molecule has 0 bridgehead atoms. The molecule has 3 rings (SSSR count). The molecule has 3 aromatic carbocycles. The fourth-order valence-corrected chi connectivity index (χ4v) is 2.74. The summed E-state index contributed by atoms with van der Waals surface area (Å²) < 4.78 is 12.0. The van der Waals surface area contributed by atoms with Gasteiger partial charge in [0.2, 0.25) is 0 Å². The molecule has 4 heteroatoms. The lowest BCUT2D eigenvalue weighted by Crippen LogP contribution is -1.95. The van der Waals surface area contributed by atoms with Gasteiger partial charge in [0, 0.05) is 10.0 Å². The monoisotopic (exact) mass is 422 g/mol. The minimum atomic E-state index is -0.0566. The number of methoxy groups -OCH3 is 1. The Balaban J connectivity index is 1.63. The van der Waals surface area contributed by atoms with Gasteiger partial charge in [-0.25, -0.2) is 0 Å². The van der Waals surface area contributed by atoms with Crippen molar-refractivity contribution < 1.29 is 14.3 Å². The molecule has 136 valence electrons. The number of benzene rings is 3. The van der Waals surface area contributed by atoms with Crippen LogP contribution in [0.5, 0.6) is 11.5 Å². The van der Waals surface area contributed by atoms with Gasteiger partial charge in [0.25, 0.3) is 0 Å². The van der Waals surface area contributed by atoms with Gasteiger partial charge in [0.1, 0.15) is 18.1 Å². The number of carbonyl (C=O) groups is 1. The maximum atomic E-state index is 12.3. The van der Waals surface area contributed by atoms with Gasteiger partial charge in [-0.3, -0.25) is 4.79 Å². The van der Waals surface area contributed by atoms with Crippen LogP contribution in [0.3, 0.4) is 0 Å². The number of halogens is 1. The van der Waals surface area contributed by atoms with Crippen LogP contribution in [0.25, 0.3) is 6.08 Å². The van der Waals surface area contributed by atoms with Crippen molar-refractivity contribution in [3.8, 4) is 11.5 Å². The highest BCUT2D eigenvalue weighted by Gasteiger charge is 2.02. The second-order valence-electron chi connectivity index (χ2n) is 5.91. The quantitative estimate of drug-likeness (QED) is 0.349. The Morgan fingerprint density at radius 3 is 2.41 bits per heavy atom. The first-order valence-corrected chi connectivity index (χ1v) is 9.27. The lowest BCUT2D eigenvalue weighted by molar-refractivity contribution is 0.104. The smallest absolute Gasteiger partial charge is 0.185 e. The molecule has 0 aromatic heterocycles. The summed E-state index contributed by atoms with van der Waals surface area (Å²) in [6, 6.07) is 22.7. The van der Waals surface area contributed by atoms with Gasteiger partial charge in [0.15, 0.2) is 5.78 Å². The van der Waals surface area contributed by atoms with Crippen molar-refractivity contribution in [2.24, 2.45) is 0 Å². The molecule has 0 fully saturated rings. The number of hydrogen-bond donors (Lipinski definition) is 0. The van der Waals surface area contributed by atoms with Crippen LogP contribution >= 0.6 is 15.9 Å². The van der Waals surface area contributed by atoms with Crippen molar-refractivity contribution >= 4 is 27.8 Å². The van der Waals surface area contributed by atoms with E-state index in [0.717, 1.165) is 27.1 Å². The third-order valence-corrected chi connectivity index (χ3v) is 4.51. The number of carbonyl (C=O) groups excluding carboxylic acids is 1. The molecular weight excluding hydrogens is 404 g/mol. The van der Waals surface area contributed by atoms with E-state index in [1.165, 1.54) is 0 Å². The predicted octanol–water partition coefficient (Wildman–Crippen LogP) is 5.93. The summed E-state index contributed by atoms with van der Waals surface area (Å²) in [4.78, 5) is 12.3. The maximum Gasteiger partial charge on any atom is 0.185 e. The Labute approximate surface area is 167 Å². The van der Waals surface area contributed by atoms with E-state index in [4.69, 9.17) is 9.47 Å². The van der Waals surface area contributed by atoms with Gasteiger partial charge in [-0.1, -0.05) is 46.3 Å². The highest BCUT2D eigenvalue weighted by atomic mass is 79.9. The van der Waals surface area contributed by atoms with Gasteiger partial charge in [-0.15, -0.1) is 0 Å². The normalized spacial score (nSPS) is 10.7. The fourth-order valence-electron chi connectivity index (χ4n) is 2.48. The molecule has 0 aliphatic carbocycles. The van der Waals surface area contributed by atoms with E-state index in [1.807, 2.05) is 48.5 Å². The number of allylic oxidation sites excluding steroid dienone is 1. The van der Waals surface area contributed by atoms with Crippen LogP contribution in [-0.2, 0) is 6.61 Å². The topological polar surface area (TPSA) is 35.5 Å². The molecule has 0 unspecified atom stereocenters. The molecule has 0 amide bonds. The first-order valence-electron chi connectivity index (χ1n) is 8.48. The average molecular weight is 423 g/mol. The third-order valence-electron chi connectivity index (χ3n) is 3.98. The zero-order chi connectivity index (χ0) is 19.1. The molecular formula is C23H19BrO3. The molecule has 0 atom stereocenters. The van der Waals surface area contributed by atoms with E-state index in [2.05, 4.69) is 15.9 Å². The summed E-state index contributed by atoms with van der Waals surface area (Å²) in [5.74, 6) is 1.43. The Bertz CT molecular complexity index is 929. The largest absolute Gasteiger partial charge is 0.497 e. The van der Waals surface area contributed by atoms with Gasteiger partial charge >= 0.3 is 0 Å². The molecule has 0 aliphatic rings. The standard InChI is InChI=1S/C23H19BrO3/c1-26-21-12-8-19(9-13-21)23(25)14-7-17-3-2-4-22(15-17)27-16-18-5-10-20(24)11-6-18/h2-15H,16H2,1H3/b14-7+. The Morgan fingerprint density at radius 2 is 1.70 bits per heavy atom. The van der Waals surface area contributed by atoms with E-state index in [-0.39, 0.29) is 5.78 Å². The van der Waals surface area contributed by atoms with Crippen LogP contribution in [-0.4, -0.2) is 12.9 Å². The first kappa shape index (κ1) is 18.9. The Morgan fingerprint density at radius 1 is 0.963 bits per heavy atom. The summed E-state index contributed by atoms with van der Waals surface area (Å²) >= 11 is 3.42. The number of ketones is 1. The summed E-state index contributed by atoms with van der Waals surface area (Å²) in [5, 5.41) is 0. The molecule has 27 heavy (non-hydrogen) atoms. The van der Waals surface area contributed by atoms with Crippen LogP contribution in [0, 0.1) is 0 Å². The molecule has 0 aliphatic heterocycles. The molecule has 0 heterocycles. The van der Waals surface area contributed by atoms with Crippen LogP contribution < -0.4 is 9.47 Å². The average Bonchev–Trinajstić information content (AvgIpc) is 2.72. The highest BCUT2D eigenvalue weighted by molar-refractivity contribution is 9.10. The molecule has 0 saturated carbocycles. The summed E-state index contributed by atoms with van der Waals surface area (Å²) in [5.41, 5.74) is 2.62. The molecule has 3 nitrogen and oxygen atoms in total. The minimum absolute atomic E-state index is 0.0566. The van der Waals surface area contributed by atoms with E-state index in [1.54, 1.807) is 43.5 Å². The molecule has 0 radical (unpaired) electrons. The minimum Gasteiger partial charge on any atom is -0.497 e. The fraction of sp³-hybridized carbons (Fsp3) is 0.0870. The van der Waals surface area contributed by atoms with Crippen LogP contribution in [0.1, 0.15) is 21.5 Å². The SMILES string of the molecule is COc1ccc(C(=O)/C=C/c2cccc(OCc3ccc(Br)cc3)c2)cc1. The molecule has 3 aromatic rings. The number of ether oxygens (including phenoxy) is 2. The molecule has 0 saturated heterocycles. The highest BCUT2D eigenvalue weighted by Crippen LogP contribution is 2.18. The Kier molecular flexibility index (Phi) is 6.44. The second-order valence-corrected chi connectivity index (χ2v) is 6.83. The van der Waals surface area contributed by atoms with Gasteiger partial charge < -0.3 is 9.47 Å². The van der Waals surface area contributed by atoms with E-state index in [9.17, 15) is 4.79 Å². The van der Waals surface area contributed by atoms with Crippen molar-refractivity contribution in [3.63, 3.8) is 0 Å². The van der Waals surface area contributed by atoms with E-state index < -0.39 is 0 Å². The second kappa shape index (κ2) is 9.19. The zero-order valence-electron chi connectivity index (χ0n) is 14.9. The molecule has 0 N–H and O–H groups in total. The zero-order valence-corrected chi connectivity index (χ0v) is 16.5. The summed E-state index contributed by atoms with van der Waals surface area (Å²) in [6.45, 7) is 0.491. The van der Waals surface area contributed by atoms with E-state index in [0.29, 0.717) is 12.2 Å².